The lowest BCUT2D eigenvalue weighted by atomic mass is 9.94. The Bertz CT molecular complexity index is 715. The number of hydrogen-bond acceptors (Lipinski definition) is 7. The summed E-state index contributed by atoms with van der Waals surface area (Å²) >= 11 is 0. The lowest BCUT2D eigenvalue weighted by Gasteiger charge is -2.44. The molecule has 1 amide bonds. The largest absolute Gasteiger partial charge is 0.389 e. The molecule has 3 saturated heterocycles. The van der Waals surface area contributed by atoms with Gasteiger partial charge >= 0.3 is 0 Å². The quantitative estimate of drug-likeness (QED) is 0.560. The minimum absolute atomic E-state index is 0.0590. The smallest absolute Gasteiger partial charge is 0.222 e. The number of amides is 1. The Hall–Kier alpha value is -1.55. The molecule has 8 nitrogen and oxygen atoms in total. The van der Waals surface area contributed by atoms with Crippen LogP contribution in [0.3, 0.4) is 0 Å². The second-order valence-electron chi connectivity index (χ2n) is 9.41. The minimum atomic E-state index is -0.504. The molecule has 3 fully saturated rings. The normalized spacial score (nSPS) is 29.6. The van der Waals surface area contributed by atoms with E-state index in [9.17, 15) is 9.90 Å². The number of hydrogen-bond donors (Lipinski definition) is 2. The van der Waals surface area contributed by atoms with Gasteiger partial charge in [0.25, 0.3) is 0 Å². The highest BCUT2D eigenvalue weighted by molar-refractivity contribution is 5.76. The van der Waals surface area contributed by atoms with Crippen LogP contribution in [0.1, 0.15) is 31.2 Å². The van der Waals surface area contributed by atoms with E-state index >= 15 is 0 Å². The minimum Gasteiger partial charge on any atom is -0.389 e. The van der Waals surface area contributed by atoms with Crippen LogP contribution >= 0.6 is 0 Å². The number of benzene rings is 1. The number of nitrogens with zero attached hydrogens (tertiary/aromatic N) is 2. The molecule has 3 aliphatic heterocycles. The molecular formula is C25H39N3O5. The van der Waals surface area contributed by atoms with Gasteiger partial charge in [-0.1, -0.05) is 30.3 Å². The van der Waals surface area contributed by atoms with E-state index < -0.39 is 6.10 Å². The molecule has 0 saturated carbocycles. The third kappa shape index (κ3) is 7.73. The molecule has 0 unspecified atom stereocenters. The molecule has 3 heterocycles. The van der Waals surface area contributed by atoms with Gasteiger partial charge in [-0.3, -0.25) is 14.6 Å². The molecule has 0 bridgehead atoms. The van der Waals surface area contributed by atoms with E-state index in [0.29, 0.717) is 32.7 Å². The fraction of sp³-hybridized carbons (Fsp3) is 0.720. The monoisotopic (exact) mass is 461 g/mol. The molecule has 4 atom stereocenters. The lowest BCUT2D eigenvalue weighted by Crippen LogP contribution is -2.55. The van der Waals surface area contributed by atoms with Crippen molar-refractivity contribution >= 4 is 5.91 Å². The van der Waals surface area contributed by atoms with Crippen LogP contribution < -0.4 is 5.32 Å². The second kappa shape index (κ2) is 12.8. The van der Waals surface area contributed by atoms with Crippen molar-refractivity contribution in [3.8, 4) is 0 Å². The van der Waals surface area contributed by atoms with Crippen molar-refractivity contribution in [3.05, 3.63) is 35.9 Å². The number of aliphatic hydroxyl groups excluding tert-OH is 1. The highest BCUT2D eigenvalue weighted by atomic mass is 16.5. The summed E-state index contributed by atoms with van der Waals surface area (Å²) < 4.78 is 17.5. The van der Waals surface area contributed by atoms with Crippen molar-refractivity contribution in [1.29, 1.82) is 0 Å². The van der Waals surface area contributed by atoms with E-state index in [1.807, 2.05) is 18.2 Å². The Labute approximate surface area is 197 Å². The topological polar surface area (TPSA) is 83.5 Å². The SMILES string of the molecule is O=C(C[C@@H]1CC[C@@H]2[C@H](COC[C@@H](O)CN2Cc2ccccc2)O1)NCCCN1CCOCC1. The predicted molar refractivity (Wildman–Crippen MR) is 125 cm³/mol. The van der Waals surface area contributed by atoms with Gasteiger partial charge in [-0.15, -0.1) is 0 Å². The van der Waals surface area contributed by atoms with E-state index in [1.54, 1.807) is 0 Å². The first-order chi connectivity index (χ1) is 16.2. The van der Waals surface area contributed by atoms with Gasteiger partial charge in [-0.25, -0.2) is 0 Å². The fourth-order valence-corrected chi connectivity index (χ4v) is 5.08. The molecule has 0 aromatic heterocycles. The summed E-state index contributed by atoms with van der Waals surface area (Å²) in [6, 6.07) is 10.5. The Kier molecular flexibility index (Phi) is 9.52. The van der Waals surface area contributed by atoms with Crippen LogP contribution in [0.25, 0.3) is 0 Å². The van der Waals surface area contributed by atoms with Crippen LogP contribution in [0.2, 0.25) is 0 Å². The number of β-amino-alcohol motifs (C(OH)–C–C–N with tert-alkyl or cyclic N) is 1. The van der Waals surface area contributed by atoms with Gasteiger partial charge in [0.05, 0.1) is 51.2 Å². The number of carbonyl (C=O) groups excluding carboxylic acids is 1. The maximum absolute atomic E-state index is 12.5. The van der Waals surface area contributed by atoms with E-state index in [1.165, 1.54) is 5.56 Å². The second-order valence-corrected chi connectivity index (χ2v) is 9.41. The zero-order valence-electron chi connectivity index (χ0n) is 19.6. The first-order valence-electron chi connectivity index (χ1n) is 12.4. The molecule has 3 aliphatic rings. The van der Waals surface area contributed by atoms with Crippen molar-refractivity contribution in [3.63, 3.8) is 0 Å². The van der Waals surface area contributed by atoms with Crippen LogP contribution in [0.5, 0.6) is 0 Å². The molecule has 184 valence electrons. The van der Waals surface area contributed by atoms with Crippen LogP contribution in [0, 0.1) is 0 Å². The lowest BCUT2D eigenvalue weighted by molar-refractivity contribution is -0.158. The molecule has 8 heteroatoms. The molecule has 2 N–H and O–H groups in total. The molecule has 1 aromatic carbocycles. The zero-order chi connectivity index (χ0) is 22.9. The van der Waals surface area contributed by atoms with Gasteiger partial charge in [0, 0.05) is 38.8 Å². The summed E-state index contributed by atoms with van der Waals surface area (Å²) in [5.41, 5.74) is 1.23. The average Bonchev–Trinajstić information content (AvgIpc) is 2.82. The molecule has 33 heavy (non-hydrogen) atoms. The van der Waals surface area contributed by atoms with Crippen molar-refractivity contribution in [2.24, 2.45) is 0 Å². The summed E-state index contributed by atoms with van der Waals surface area (Å²) in [5, 5.41) is 13.4. The number of ether oxygens (including phenoxy) is 3. The number of nitrogens with one attached hydrogen (secondary N) is 1. The van der Waals surface area contributed by atoms with Crippen molar-refractivity contribution in [1.82, 2.24) is 15.1 Å². The van der Waals surface area contributed by atoms with Crippen molar-refractivity contribution in [2.75, 3.05) is 59.2 Å². The Balaban J connectivity index is 1.23. The zero-order valence-corrected chi connectivity index (χ0v) is 19.6. The Morgan fingerprint density at radius 3 is 2.73 bits per heavy atom. The molecule has 4 rings (SSSR count). The average molecular weight is 462 g/mol. The van der Waals surface area contributed by atoms with Gasteiger partial charge in [-0.05, 0) is 31.4 Å². The standard InChI is InChI=1S/C25H39N3O5/c29-21-17-28(16-20-5-2-1-3-6-20)23-8-7-22(33-24(23)19-32-18-21)15-25(30)26-9-4-10-27-11-13-31-14-12-27/h1-3,5-6,21-24,29H,4,7-19H2,(H,26,30)/t21-,22-,23+,24-/m0/s1. The van der Waals surface area contributed by atoms with E-state index in [2.05, 4.69) is 27.2 Å². The summed E-state index contributed by atoms with van der Waals surface area (Å²) in [6.07, 6.45) is 2.43. The third-order valence-corrected chi connectivity index (χ3v) is 6.81. The Morgan fingerprint density at radius 2 is 1.91 bits per heavy atom. The molecular weight excluding hydrogens is 422 g/mol. The summed E-state index contributed by atoms with van der Waals surface area (Å²) in [7, 11) is 0. The van der Waals surface area contributed by atoms with Crippen LogP contribution in [-0.4, -0.2) is 104 Å². The summed E-state index contributed by atoms with van der Waals surface area (Å²) in [4.78, 5) is 17.2. The molecule has 0 spiro atoms. The van der Waals surface area contributed by atoms with E-state index in [4.69, 9.17) is 14.2 Å². The van der Waals surface area contributed by atoms with Gasteiger partial charge in [0.1, 0.15) is 0 Å². The van der Waals surface area contributed by atoms with Crippen LogP contribution in [0.15, 0.2) is 30.3 Å². The number of fused-ring (bicyclic) bond motifs is 1. The fourth-order valence-electron chi connectivity index (χ4n) is 5.08. The molecule has 0 radical (unpaired) electrons. The van der Waals surface area contributed by atoms with Gasteiger partial charge in [0.2, 0.25) is 5.91 Å². The Morgan fingerprint density at radius 1 is 1.09 bits per heavy atom. The van der Waals surface area contributed by atoms with Crippen LogP contribution in [0.4, 0.5) is 0 Å². The number of rotatable bonds is 8. The number of carbonyl (C=O) groups is 1. The maximum Gasteiger partial charge on any atom is 0.222 e. The van der Waals surface area contributed by atoms with Gasteiger partial charge in [0.15, 0.2) is 0 Å². The van der Waals surface area contributed by atoms with E-state index in [-0.39, 0.29) is 24.2 Å². The van der Waals surface area contributed by atoms with Gasteiger partial charge < -0.3 is 24.6 Å². The molecule has 1 aromatic rings. The molecule has 0 aliphatic carbocycles. The predicted octanol–water partition coefficient (Wildman–Crippen LogP) is 1.02. The number of morpholine rings is 1. The highest BCUT2D eigenvalue weighted by Crippen LogP contribution is 2.28. The number of aliphatic hydroxyl groups is 1. The summed E-state index contributed by atoms with van der Waals surface area (Å²) in [5.74, 6) is 0.0590. The van der Waals surface area contributed by atoms with Crippen molar-refractivity contribution < 1.29 is 24.1 Å². The first kappa shape index (κ1) is 24.6. The van der Waals surface area contributed by atoms with Crippen LogP contribution in [-0.2, 0) is 25.5 Å². The maximum atomic E-state index is 12.5. The highest BCUT2D eigenvalue weighted by Gasteiger charge is 2.38. The van der Waals surface area contributed by atoms with Gasteiger partial charge in [-0.2, -0.15) is 0 Å². The summed E-state index contributed by atoms with van der Waals surface area (Å²) in [6.45, 7) is 7.35. The first-order valence-corrected chi connectivity index (χ1v) is 12.4. The van der Waals surface area contributed by atoms with Crippen molar-refractivity contribution in [2.45, 2.75) is 56.6 Å². The third-order valence-electron chi connectivity index (χ3n) is 6.81. The van der Waals surface area contributed by atoms with E-state index in [0.717, 1.165) is 58.7 Å².